The zero-order chi connectivity index (χ0) is 21.4. The highest BCUT2D eigenvalue weighted by atomic mass is 16.5. The number of carbonyl (C=O) groups is 1. The van der Waals surface area contributed by atoms with Crippen LogP contribution in [-0.2, 0) is 9.53 Å². The highest BCUT2D eigenvalue weighted by Crippen LogP contribution is 2.01. The summed E-state index contributed by atoms with van der Waals surface area (Å²) in [7, 11) is 0. The molecule has 0 fully saturated rings. The molecule has 0 aromatic heterocycles. The Morgan fingerprint density at radius 2 is 1.31 bits per heavy atom. The van der Waals surface area contributed by atoms with E-state index in [2.05, 4.69) is 55.5 Å². The maximum Gasteiger partial charge on any atom is 0.306 e. The number of hydrogen-bond donors (Lipinski definition) is 2. The highest BCUT2D eigenvalue weighted by Gasteiger charge is 2.05. The Kier molecular flexibility index (Phi) is 20.9. The number of esters is 1. The van der Waals surface area contributed by atoms with Crippen LogP contribution in [-0.4, -0.2) is 30.3 Å². The Hall–Kier alpha value is -1.91. The van der Waals surface area contributed by atoms with E-state index in [0.717, 1.165) is 25.7 Å². The van der Waals surface area contributed by atoms with Gasteiger partial charge in [0.25, 0.3) is 0 Å². The molecule has 3 N–H and O–H groups in total. The molecule has 4 nitrogen and oxygen atoms in total. The van der Waals surface area contributed by atoms with Crippen LogP contribution in [0.3, 0.4) is 0 Å². The van der Waals surface area contributed by atoms with Gasteiger partial charge in [0.1, 0.15) is 12.7 Å². The third-order valence-electron chi connectivity index (χ3n) is 4.12. The maximum absolute atomic E-state index is 11.4. The number of aliphatic hydroxyl groups is 1. The molecule has 0 rings (SSSR count). The Bertz CT molecular complexity index is 518. The fraction of sp³-hybridized carbons (Fsp3) is 0.560. The fourth-order valence-electron chi connectivity index (χ4n) is 2.36. The van der Waals surface area contributed by atoms with Gasteiger partial charge in [-0.2, -0.15) is 0 Å². The highest BCUT2D eigenvalue weighted by molar-refractivity contribution is 5.69. The van der Waals surface area contributed by atoms with Gasteiger partial charge in [-0.15, -0.1) is 0 Å². The summed E-state index contributed by atoms with van der Waals surface area (Å²) < 4.78 is 4.90. The topological polar surface area (TPSA) is 72.5 Å². The smallest absolute Gasteiger partial charge is 0.306 e. The van der Waals surface area contributed by atoms with Gasteiger partial charge in [0, 0.05) is 13.0 Å². The molecule has 164 valence electrons. The minimum atomic E-state index is -0.771. The minimum absolute atomic E-state index is 0.0265. The molecule has 0 amide bonds. The molecule has 0 aromatic carbocycles. The van der Waals surface area contributed by atoms with Gasteiger partial charge in [0.05, 0.1) is 0 Å². The molecule has 29 heavy (non-hydrogen) atoms. The van der Waals surface area contributed by atoms with E-state index >= 15 is 0 Å². The van der Waals surface area contributed by atoms with Crippen molar-refractivity contribution in [2.24, 2.45) is 5.73 Å². The molecule has 0 aliphatic rings. The first kappa shape index (κ1) is 27.1. The first-order valence-corrected chi connectivity index (χ1v) is 11.0. The molecule has 4 heteroatoms. The average Bonchev–Trinajstić information content (AvgIpc) is 2.73. The average molecular weight is 404 g/mol. The second kappa shape index (κ2) is 22.4. The first-order chi connectivity index (χ1) is 14.2. The number of rotatable bonds is 18. The van der Waals surface area contributed by atoms with E-state index in [1.807, 2.05) is 12.2 Å². The molecule has 0 heterocycles. The molecule has 0 aromatic rings. The lowest BCUT2D eigenvalue weighted by atomic mass is 10.2. The van der Waals surface area contributed by atoms with E-state index in [4.69, 9.17) is 10.5 Å². The summed E-state index contributed by atoms with van der Waals surface area (Å²) >= 11 is 0. The molecule has 0 saturated carbocycles. The largest absolute Gasteiger partial charge is 0.463 e. The minimum Gasteiger partial charge on any atom is -0.463 e. The Balaban J connectivity index is 3.55. The molecule has 0 spiro atoms. The van der Waals surface area contributed by atoms with E-state index in [-0.39, 0.29) is 19.1 Å². The van der Waals surface area contributed by atoms with Gasteiger partial charge >= 0.3 is 5.97 Å². The van der Waals surface area contributed by atoms with Crippen molar-refractivity contribution >= 4 is 5.97 Å². The molecule has 0 bridgehead atoms. The maximum atomic E-state index is 11.4. The van der Waals surface area contributed by atoms with Crippen LogP contribution in [0, 0.1) is 0 Å². The number of aliphatic hydroxyl groups excluding tert-OH is 1. The normalized spacial score (nSPS) is 13.6. The lowest BCUT2D eigenvalue weighted by Crippen LogP contribution is -2.26. The molecule has 0 aliphatic carbocycles. The SMILES string of the molecule is CCCCCC=CCC=CCC=CCC=CCC=CCCC(=O)OCC(O)CN. The van der Waals surface area contributed by atoms with Crippen molar-refractivity contribution in [2.45, 2.75) is 77.2 Å². The standard InChI is InChI=1S/C25H41NO3/c1-2-3-4-5-6-7-8-9-10-11-12-13-14-15-16-17-18-19-20-21-25(28)29-23-24(27)22-26/h6-7,9-10,12-13,15-16,18-19,24,27H,2-5,8,11,14,17,20-23,26H2,1H3. The molecule has 0 radical (unpaired) electrons. The predicted molar refractivity (Wildman–Crippen MR) is 124 cm³/mol. The third-order valence-corrected chi connectivity index (χ3v) is 4.12. The lowest BCUT2D eigenvalue weighted by molar-refractivity contribution is -0.146. The van der Waals surface area contributed by atoms with Crippen molar-refractivity contribution in [1.29, 1.82) is 0 Å². The summed E-state index contributed by atoms with van der Waals surface area (Å²) in [5.74, 6) is -0.306. The van der Waals surface area contributed by atoms with Crippen LogP contribution in [0.5, 0.6) is 0 Å². The van der Waals surface area contributed by atoms with Crippen molar-refractivity contribution in [3.05, 3.63) is 60.8 Å². The Morgan fingerprint density at radius 1 is 0.828 bits per heavy atom. The fourth-order valence-corrected chi connectivity index (χ4v) is 2.36. The summed E-state index contributed by atoms with van der Waals surface area (Å²) in [5.41, 5.74) is 5.24. The van der Waals surface area contributed by atoms with Gasteiger partial charge < -0.3 is 15.6 Å². The second-order valence-electron chi connectivity index (χ2n) is 6.91. The van der Waals surface area contributed by atoms with Crippen molar-refractivity contribution in [3.63, 3.8) is 0 Å². The third kappa shape index (κ3) is 22.2. The van der Waals surface area contributed by atoms with Crippen LogP contribution in [0.15, 0.2) is 60.8 Å². The van der Waals surface area contributed by atoms with E-state index in [9.17, 15) is 9.90 Å². The first-order valence-electron chi connectivity index (χ1n) is 11.0. The summed E-state index contributed by atoms with van der Waals surface area (Å²) in [6.45, 7) is 2.31. The summed E-state index contributed by atoms with van der Waals surface area (Å²) in [6.07, 6.45) is 30.7. The summed E-state index contributed by atoms with van der Waals surface area (Å²) in [4.78, 5) is 11.4. The summed E-state index contributed by atoms with van der Waals surface area (Å²) in [6, 6.07) is 0. The number of carbonyl (C=O) groups excluding carboxylic acids is 1. The monoisotopic (exact) mass is 403 g/mol. The van der Waals surface area contributed by atoms with Gasteiger partial charge in [0.2, 0.25) is 0 Å². The number of hydrogen-bond acceptors (Lipinski definition) is 4. The van der Waals surface area contributed by atoms with Crippen LogP contribution >= 0.6 is 0 Å². The number of nitrogens with two attached hydrogens (primary N) is 1. The van der Waals surface area contributed by atoms with Gasteiger partial charge in [-0.05, 0) is 44.9 Å². The zero-order valence-electron chi connectivity index (χ0n) is 18.2. The second-order valence-corrected chi connectivity index (χ2v) is 6.91. The number of allylic oxidation sites excluding steroid dienone is 10. The van der Waals surface area contributed by atoms with Gasteiger partial charge in [-0.25, -0.2) is 0 Å². The van der Waals surface area contributed by atoms with Crippen LogP contribution in [0.4, 0.5) is 0 Å². The Morgan fingerprint density at radius 3 is 1.79 bits per heavy atom. The molecule has 1 unspecified atom stereocenters. The van der Waals surface area contributed by atoms with E-state index in [1.165, 1.54) is 25.7 Å². The van der Waals surface area contributed by atoms with Crippen molar-refractivity contribution in [3.8, 4) is 0 Å². The quantitative estimate of drug-likeness (QED) is 0.179. The zero-order valence-corrected chi connectivity index (χ0v) is 18.2. The van der Waals surface area contributed by atoms with Gasteiger partial charge in [0.15, 0.2) is 0 Å². The van der Waals surface area contributed by atoms with E-state index < -0.39 is 6.10 Å². The number of unbranched alkanes of at least 4 members (excludes halogenated alkanes) is 3. The lowest BCUT2D eigenvalue weighted by Gasteiger charge is -2.07. The molecular weight excluding hydrogens is 362 g/mol. The Labute approximate surface area is 177 Å². The van der Waals surface area contributed by atoms with Crippen LogP contribution in [0.2, 0.25) is 0 Å². The van der Waals surface area contributed by atoms with Crippen LogP contribution in [0.1, 0.15) is 71.1 Å². The van der Waals surface area contributed by atoms with Crippen LogP contribution < -0.4 is 5.73 Å². The van der Waals surface area contributed by atoms with Crippen molar-refractivity contribution in [2.75, 3.05) is 13.2 Å². The molecular formula is C25H41NO3. The van der Waals surface area contributed by atoms with Gasteiger partial charge in [-0.1, -0.05) is 80.5 Å². The number of ether oxygens (including phenoxy) is 1. The van der Waals surface area contributed by atoms with Gasteiger partial charge in [-0.3, -0.25) is 4.79 Å². The predicted octanol–water partition coefficient (Wildman–Crippen LogP) is 5.55. The molecule has 1 atom stereocenters. The molecule has 0 saturated heterocycles. The molecule has 0 aliphatic heterocycles. The summed E-state index contributed by atoms with van der Waals surface area (Å²) in [5, 5.41) is 9.21. The van der Waals surface area contributed by atoms with Crippen LogP contribution in [0.25, 0.3) is 0 Å². The van der Waals surface area contributed by atoms with E-state index in [0.29, 0.717) is 12.8 Å². The van der Waals surface area contributed by atoms with Crippen molar-refractivity contribution in [1.82, 2.24) is 0 Å². The van der Waals surface area contributed by atoms with E-state index in [1.54, 1.807) is 0 Å². The van der Waals surface area contributed by atoms with Crippen molar-refractivity contribution < 1.29 is 14.6 Å².